The van der Waals surface area contributed by atoms with Crippen molar-refractivity contribution in [2.75, 3.05) is 0 Å². The molecule has 11 heavy (non-hydrogen) atoms. The quantitative estimate of drug-likeness (QED) is 0.505. The molecular weight excluding hydrogens is 134 g/mol. The van der Waals surface area contributed by atoms with E-state index < -0.39 is 0 Å². The van der Waals surface area contributed by atoms with E-state index in [2.05, 4.69) is 23.2 Å². The van der Waals surface area contributed by atoms with Crippen molar-refractivity contribution >= 4 is 6.21 Å². The first-order valence-corrected chi connectivity index (χ1v) is 3.87. The Balaban J connectivity index is 2.79. The van der Waals surface area contributed by atoms with Gasteiger partial charge in [0.25, 0.3) is 0 Å². The van der Waals surface area contributed by atoms with E-state index in [1.165, 1.54) is 5.57 Å². The van der Waals surface area contributed by atoms with Gasteiger partial charge in [-0.3, -0.25) is 4.99 Å². The van der Waals surface area contributed by atoms with Gasteiger partial charge in [0.15, 0.2) is 0 Å². The molecule has 0 amide bonds. The van der Waals surface area contributed by atoms with Crippen molar-refractivity contribution in [1.82, 2.24) is 0 Å². The molecule has 0 fully saturated rings. The summed E-state index contributed by atoms with van der Waals surface area (Å²) in [5, 5.41) is 0. The topological polar surface area (TPSA) is 12.4 Å². The predicted molar refractivity (Wildman–Crippen MR) is 50.0 cm³/mol. The molecule has 0 bridgehead atoms. The van der Waals surface area contributed by atoms with Crippen LogP contribution in [0, 0.1) is 0 Å². The van der Waals surface area contributed by atoms with Gasteiger partial charge in [0.05, 0.1) is 6.04 Å². The molecule has 1 unspecified atom stereocenters. The van der Waals surface area contributed by atoms with E-state index >= 15 is 0 Å². The zero-order chi connectivity index (χ0) is 8.10. The highest BCUT2D eigenvalue weighted by atomic mass is 14.8. The van der Waals surface area contributed by atoms with Crippen LogP contribution in [0.3, 0.4) is 0 Å². The molecule has 0 N–H and O–H groups in total. The van der Waals surface area contributed by atoms with Crippen LogP contribution in [0.2, 0.25) is 0 Å². The summed E-state index contributed by atoms with van der Waals surface area (Å²) < 4.78 is 0. The molecule has 0 radical (unpaired) electrons. The first-order chi connectivity index (χ1) is 5.38. The summed E-state index contributed by atoms with van der Waals surface area (Å²) in [5.74, 6) is 0. The zero-order valence-electron chi connectivity index (χ0n) is 6.99. The molecule has 0 aromatic carbocycles. The first kappa shape index (κ1) is 7.99. The number of hydrogen-bond acceptors (Lipinski definition) is 1. The van der Waals surface area contributed by atoms with Crippen molar-refractivity contribution in [3.63, 3.8) is 0 Å². The van der Waals surface area contributed by atoms with Gasteiger partial charge in [-0.25, -0.2) is 0 Å². The largest absolute Gasteiger partial charge is 0.286 e. The van der Waals surface area contributed by atoms with Crippen LogP contribution in [0.5, 0.6) is 0 Å². The Kier molecular flexibility index (Phi) is 2.84. The number of nitrogens with zero attached hydrogens (tertiary/aromatic N) is 1. The summed E-state index contributed by atoms with van der Waals surface area (Å²) in [7, 11) is 0. The predicted octanol–water partition coefficient (Wildman–Crippen LogP) is 2.52. The van der Waals surface area contributed by atoms with E-state index in [0.717, 1.165) is 0 Å². The van der Waals surface area contributed by atoms with E-state index in [9.17, 15) is 0 Å². The maximum absolute atomic E-state index is 4.30. The van der Waals surface area contributed by atoms with Gasteiger partial charge in [0.2, 0.25) is 0 Å². The molecule has 1 aliphatic rings. The van der Waals surface area contributed by atoms with E-state index in [0.29, 0.717) is 0 Å². The van der Waals surface area contributed by atoms with Crippen molar-refractivity contribution in [3.05, 3.63) is 36.0 Å². The Hall–Kier alpha value is -1.11. The second-order valence-electron chi connectivity index (χ2n) is 2.38. The van der Waals surface area contributed by atoms with E-state index in [1.54, 1.807) is 0 Å². The fourth-order valence-corrected chi connectivity index (χ4v) is 1.11. The van der Waals surface area contributed by atoms with Crippen LogP contribution in [0.1, 0.15) is 13.8 Å². The lowest BCUT2D eigenvalue weighted by atomic mass is 10.0. The van der Waals surface area contributed by atoms with Crippen LogP contribution in [0.25, 0.3) is 0 Å². The van der Waals surface area contributed by atoms with E-state index in [1.807, 2.05) is 32.2 Å². The van der Waals surface area contributed by atoms with Crippen LogP contribution in [-0.4, -0.2) is 12.3 Å². The second kappa shape index (κ2) is 3.91. The molecular formula is C10H13N. The highest BCUT2D eigenvalue weighted by Crippen LogP contribution is 2.13. The van der Waals surface area contributed by atoms with Crippen molar-refractivity contribution in [3.8, 4) is 0 Å². The number of aliphatic imine (C=N–C) groups is 1. The molecule has 0 aliphatic heterocycles. The molecule has 1 atom stereocenters. The summed E-state index contributed by atoms with van der Waals surface area (Å²) in [4.78, 5) is 4.30. The van der Waals surface area contributed by atoms with Gasteiger partial charge >= 0.3 is 0 Å². The van der Waals surface area contributed by atoms with Crippen LogP contribution < -0.4 is 0 Å². The number of rotatable bonds is 1. The third kappa shape index (κ3) is 1.90. The average molecular weight is 147 g/mol. The van der Waals surface area contributed by atoms with Gasteiger partial charge in [0, 0.05) is 0 Å². The third-order valence-electron chi connectivity index (χ3n) is 1.68. The molecule has 1 heteroatoms. The van der Waals surface area contributed by atoms with Crippen LogP contribution in [0.4, 0.5) is 0 Å². The summed E-state index contributed by atoms with van der Waals surface area (Å²) in [6.07, 6.45) is 12.2. The monoisotopic (exact) mass is 147 g/mol. The zero-order valence-corrected chi connectivity index (χ0v) is 6.99. The van der Waals surface area contributed by atoms with Crippen molar-refractivity contribution in [2.45, 2.75) is 19.9 Å². The maximum atomic E-state index is 4.30. The van der Waals surface area contributed by atoms with E-state index in [4.69, 9.17) is 0 Å². The minimum Gasteiger partial charge on any atom is -0.286 e. The van der Waals surface area contributed by atoms with Gasteiger partial charge in [-0.05, 0) is 25.6 Å². The van der Waals surface area contributed by atoms with Crippen LogP contribution in [0.15, 0.2) is 40.9 Å². The number of hydrogen-bond donors (Lipinski definition) is 0. The Morgan fingerprint density at radius 1 is 1.36 bits per heavy atom. The lowest BCUT2D eigenvalue weighted by Crippen LogP contribution is -2.04. The minimum atomic E-state index is 0.245. The highest BCUT2D eigenvalue weighted by molar-refractivity contribution is 5.55. The van der Waals surface area contributed by atoms with Crippen molar-refractivity contribution in [1.29, 1.82) is 0 Å². The van der Waals surface area contributed by atoms with E-state index in [-0.39, 0.29) is 6.04 Å². The Bertz CT molecular complexity index is 231. The molecule has 0 spiro atoms. The summed E-state index contributed by atoms with van der Waals surface area (Å²) >= 11 is 0. The maximum Gasteiger partial charge on any atom is 0.0926 e. The fourth-order valence-electron chi connectivity index (χ4n) is 1.11. The van der Waals surface area contributed by atoms with Gasteiger partial charge in [-0.15, -0.1) is 0 Å². The molecule has 1 rings (SSSR count). The van der Waals surface area contributed by atoms with Gasteiger partial charge in [-0.2, -0.15) is 0 Å². The molecule has 58 valence electrons. The molecule has 1 nitrogen and oxygen atoms in total. The second-order valence-corrected chi connectivity index (χ2v) is 2.38. The van der Waals surface area contributed by atoms with Gasteiger partial charge in [0.1, 0.15) is 0 Å². The SMILES string of the molecule is CC=NC1C=CC=CC1=CC. The molecule has 0 heterocycles. The lowest BCUT2D eigenvalue weighted by molar-refractivity contribution is 0.973. The lowest BCUT2D eigenvalue weighted by Gasteiger charge is -2.10. The fraction of sp³-hybridized carbons (Fsp3) is 0.300. The van der Waals surface area contributed by atoms with Crippen LogP contribution >= 0.6 is 0 Å². The molecule has 1 aliphatic carbocycles. The van der Waals surface area contributed by atoms with Crippen LogP contribution in [-0.2, 0) is 0 Å². The van der Waals surface area contributed by atoms with Gasteiger partial charge < -0.3 is 0 Å². The highest BCUT2D eigenvalue weighted by Gasteiger charge is 2.05. The summed E-state index contributed by atoms with van der Waals surface area (Å²) in [6, 6.07) is 0.245. The standard InChI is InChI=1S/C10H13N/c1-3-9-7-5-6-8-10(9)11-4-2/h3-8,10H,1-2H3. The van der Waals surface area contributed by atoms with Gasteiger partial charge in [-0.1, -0.05) is 30.4 Å². The Morgan fingerprint density at radius 2 is 2.18 bits per heavy atom. The van der Waals surface area contributed by atoms with Crippen molar-refractivity contribution in [2.24, 2.45) is 4.99 Å². The Labute approximate surface area is 67.8 Å². The summed E-state index contributed by atoms with van der Waals surface area (Å²) in [6.45, 7) is 3.98. The molecule has 0 aromatic rings. The average Bonchev–Trinajstić information content (AvgIpc) is 2.06. The molecule has 0 aromatic heterocycles. The Morgan fingerprint density at radius 3 is 2.82 bits per heavy atom. The smallest absolute Gasteiger partial charge is 0.0926 e. The molecule has 0 saturated carbocycles. The minimum absolute atomic E-state index is 0.245. The third-order valence-corrected chi connectivity index (χ3v) is 1.68. The first-order valence-electron chi connectivity index (χ1n) is 3.87. The number of allylic oxidation sites excluding steroid dienone is 3. The summed E-state index contributed by atoms with van der Waals surface area (Å²) in [5.41, 5.74) is 1.27. The normalized spacial score (nSPS) is 27.1. The molecule has 0 saturated heterocycles. The van der Waals surface area contributed by atoms with Crippen molar-refractivity contribution < 1.29 is 0 Å².